The van der Waals surface area contributed by atoms with Gasteiger partial charge < -0.3 is 0 Å². The SMILES string of the molecule is CCN(CC)[P+](N(C)C)(N(CC)CC)N(CC)CC.O=S(=O)(NS(=O)(=O)C(F)(F)F)C(F)(F)F. The second kappa shape index (κ2) is 13.9. The molecule has 34 heavy (non-hydrogen) atoms. The van der Waals surface area contributed by atoms with Gasteiger partial charge in [0, 0.05) is 53.4 Å². The van der Waals surface area contributed by atoms with Gasteiger partial charge in [-0.15, -0.1) is 18.7 Å². The van der Waals surface area contributed by atoms with Crippen LogP contribution in [0.4, 0.5) is 26.3 Å². The Balaban J connectivity index is 0. The lowest BCUT2D eigenvalue weighted by atomic mass is 10.7. The third-order valence-electron chi connectivity index (χ3n) is 4.69. The highest BCUT2D eigenvalue weighted by atomic mass is 32.3. The summed E-state index contributed by atoms with van der Waals surface area (Å²) in [4.78, 5) is 0. The molecule has 0 heterocycles. The van der Waals surface area contributed by atoms with Gasteiger partial charge >= 0.3 is 38.9 Å². The summed E-state index contributed by atoms with van der Waals surface area (Å²) in [6.45, 7) is 20.4. The number of halogens is 6. The van der Waals surface area contributed by atoms with Gasteiger partial charge in [0.1, 0.15) is 0 Å². The van der Waals surface area contributed by atoms with Crippen molar-refractivity contribution in [2.75, 3.05) is 53.4 Å². The molecule has 0 aliphatic carbocycles. The molecule has 0 fully saturated rings. The molecule has 0 aliphatic rings. The largest absolute Gasteiger partial charge is 0.512 e. The summed E-state index contributed by atoms with van der Waals surface area (Å²) in [7, 11) is -10.3. The summed E-state index contributed by atoms with van der Waals surface area (Å²) in [5.74, 6) is 0. The molecule has 0 rings (SSSR count). The summed E-state index contributed by atoms with van der Waals surface area (Å²) in [5.41, 5.74) is -12.3. The molecule has 0 aromatic rings. The summed E-state index contributed by atoms with van der Waals surface area (Å²) in [5, 5.41) is 0. The van der Waals surface area contributed by atoms with Crippen LogP contribution in [0.15, 0.2) is 0 Å². The third-order valence-corrected chi connectivity index (χ3v) is 12.7. The van der Waals surface area contributed by atoms with Gasteiger partial charge in [0.05, 0.1) is 0 Å². The van der Waals surface area contributed by atoms with E-state index in [0.29, 0.717) is 0 Å². The summed E-state index contributed by atoms with van der Waals surface area (Å²) in [6.07, 6.45) is 0. The first-order valence-electron chi connectivity index (χ1n) is 10.5. The van der Waals surface area contributed by atoms with Gasteiger partial charge in [-0.1, -0.05) is 4.13 Å². The highest BCUT2D eigenvalue weighted by Gasteiger charge is 2.57. The fraction of sp³-hybridized carbons (Fsp3) is 1.00. The van der Waals surface area contributed by atoms with Crippen LogP contribution in [0.3, 0.4) is 0 Å². The van der Waals surface area contributed by atoms with Crippen LogP contribution in [0.25, 0.3) is 0 Å². The normalized spacial score (nSPS) is 14.2. The maximum Gasteiger partial charge on any atom is 0.512 e. The molecule has 0 unspecified atom stereocenters. The number of nitrogens with zero attached hydrogens (tertiary/aromatic N) is 4. The van der Waals surface area contributed by atoms with Crippen LogP contribution in [-0.2, 0) is 20.0 Å². The van der Waals surface area contributed by atoms with E-state index >= 15 is 0 Å². The van der Waals surface area contributed by atoms with Crippen molar-refractivity contribution < 1.29 is 43.2 Å². The van der Waals surface area contributed by atoms with E-state index in [1.165, 1.54) is 0 Å². The molecule has 1 N–H and O–H groups in total. The van der Waals surface area contributed by atoms with Crippen molar-refractivity contribution in [1.29, 1.82) is 0 Å². The van der Waals surface area contributed by atoms with E-state index in [1.807, 2.05) is 0 Å². The van der Waals surface area contributed by atoms with Crippen molar-refractivity contribution in [3.63, 3.8) is 0 Å². The molecule has 0 atom stereocenters. The zero-order valence-electron chi connectivity index (χ0n) is 20.7. The van der Waals surface area contributed by atoms with E-state index in [4.69, 9.17) is 0 Å². The Morgan fingerprint density at radius 1 is 0.588 bits per heavy atom. The molecule has 9 nitrogen and oxygen atoms in total. The first kappa shape index (κ1) is 35.9. The lowest BCUT2D eigenvalue weighted by Gasteiger charge is -2.48. The molecule has 0 bridgehead atoms. The number of nitrogens with one attached hydrogen (secondary N) is 1. The molecule has 0 saturated heterocycles. The molecule has 0 radical (unpaired) electrons. The lowest BCUT2D eigenvalue weighted by molar-refractivity contribution is -0.0476. The smallest absolute Gasteiger partial charge is 0.202 e. The molecular weight excluding hydrogens is 535 g/mol. The molecule has 0 aromatic carbocycles. The van der Waals surface area contributed by atoms with Crippen LogP contribution in [-0.4, -0.2) is 99.9 Å². The number of sulfonamides is 2. The molecule has 208 valence electrons. The average molecular weight is 573 g/mol. The highest BCUT2D eigenvalue weighted by Crippen LogP contribution is 2.68. The minimum absolute atomic E-state index is 0.493. The number of alkyl halides is 6. The Kier molecular flexibility index (Phi) is 14.6. The second-order valence-electron chi connectivity index (χ2n) is 6.78. The van der Waals surface area contributed by atoms with Crippen molar-refractivity contribution in [2.24, 2.45) is 0 Å². The maximum absolute atomic E-state index is 11.5. The predicted octanol–water partition coefficient (Wildman–Crippen LogP) is 3.53. The van der Waals surface area contributed by atoms with Crippen LogP contribution in [0.1, 0.15) is 41.5 Å². The van der Waals surface area contributed by atoms with Crippen molar-refractivity contribution in [1.82, 2.24) is 22.8 Å². The number of hydrogen-bond donors (Lipinski definition) is 1. The minimum Gasteiger partial charge on any atom is -0.202 e. The van der Waals surface area contributed by atoms with Crippen LogP contribution in [0, 0.1) is 0 Å². The molecule has 0 amide bonds. The second-order valence-corrected chi connectivity index (χ2v) is 14.0. The predicted molar refractivity (Wildman–Crippen MR) is 122 cm³/mol. The topological polar surface area (TPSA) is 93.3 Å². The Bertz CT molecular complexity index is 724. The Morgan fingerprint density at radius 3 is 0.912 bits per heavy atom. The third kappa shape index (κ3) is 8.39. The standard InChI is InChI=1S/C14H36N4P.C2HF6NO4S2/c1-9-16(10-2)19(15(7)8,17(11-3)12-4)18(13-5)14-6;3-1(4,5)14(10,11)9-15(12,13)2(6,7)8/h9-14H2,1-8H3;9H/q+1;. The molecule has 0 aromatic heterocycles. The van der Waals surface area contributed by atoms with E-state index in [1.54, 1.807) is 0 Å². The first-order valence-corrected chi connectivity index (χ1v) is 15.0. The summed E-state index contributed by atoms with van der Waals surface area (Å²) >= 11 is 0. The zero-order chi connectivity index (χ0) is 27.8. The monoisotopic (exact) mass is 572 g/mol. The van der Waals surface area contributed by atoms with E-state index in [9.17, 15) is 43.2 Å². The van der Waals surface area contributed by atoms with E-state index in [-0.39, 0.29) is 0 Å². The lowest BCUT2D eigenvalue weighted by Crippen LogP contribution is -2.51. The van der Waals surface area contributed by atoms with E-state index in [0.717, 1.165) is 39.3 Å². The molecule has 0 saturated carbocycles. The van der Waals surface area contributed by atoms with Crippen molar-refractivity contribution >= 4 is 27.9 Å². The van der Waals surface area contributed by atoms with Crippen molar-refractivity contribution in [2.45, 2.75) is 52.6 Å². The van der Waals surface area contributed by atoms with Crippen molar-refractivity contribution in [3.8, 4) is 0 Å². The highest BCUT2D eigenvalue weighted by molar-refractivity contribution is 8.05. The minimum atomic E-state index is -6.60. The van der Waals surface area contributed by atoms with Gasteiger partial charge in [-0.2, -0.15) is 26.3 Å². The molecule has 0 spiro atoms. The summed E-state index contributed by atoms with van der Waals surface area (Å²) < 4.78 is 119. The van der Waals surface area contributed by atoms with Crippen LogP contribution < -0.4 is 4.13 Å². The quantitative estimate of drug-likeness (QED) is 0.281. The van der Waals surface area contributed by atoms with Gasteiger partial charge in [-0.3, -0.25) is 0 Å². The van der Waals surface area contributed by atoms with Crippen LogP contribution in [0.2, 0.25) is 0 Å². The Labute approximate surface area is 200 Å². The average Bonchev–Trinajstić information content (AvgIpc) is 2.67. The van der Waals surface area contributed by atoms with Gasteiger partial charge in [0.15, 0.2) is 0 Å². The van der Waals surface area contributed by atoms with Crippen LogP contribution in [0.5, 0.6) is 0 Å². The van der Waals surface area contributed by atoms with Crippen LogP contribution >= 0.6 is 7.87 Å². The molecule has 18 heteroatoms. The fourth-order valence-corrected chi connectivity index (χ4v) is 10.1. The fourth-order valence-electron chi connectivity index (χ4n) is 3.34. The van der Waals surface area contributed by atoms with Gasteiger partial charge in [0.2, 0.25) is 0 Å². The maximum atomic E-state index is 11.5. The molecule has 0 aliphatic heterocycles. The number of hydrogen-bond acceptors (Lipinski definition) is 8. The summed E-state index contributed by atoms with van der Waals surface area (Å²) in [6, 6.07) is 0. The molecular formula is C16H37F6N5O4PS2+. The Hall–Kier alpha value is -0.290. The van der Waals surface area contributed by atoms with Gasteiger partial charge in [-0.05, 0) is 41.5 Å². The van der Waals surface area contributed by atoms with Gasteiger partial charge in [-0.25, -0.2) is 16.8 Å². The number of rotatable bonds is 12. The van der Waals surface area contributed by atoms with E-state index < -0.39 is 43.1 Å². The van der Waals surface area contributed by atoms with Crippen molar-refractivity contribution in [3.05, 3.63) is 0 Å². The van der Waals surface area contributed by atoms with Gasteiger partial charge in [0.25, 0.3) is 0 Å². The zero-order valence-corrected chi connectivity index (χ0v) is 23.2. The Morgan fingerprint density at radius 2 is 0.794 bits per heavy atom. The van der Waals surface area contributed by atoms with E-state index in [2.05, 4.69) is 74.3 Å². The first-order chi connectivity index (χ1) is 15.2.